The molecule has 0 saturated carbocycles. The van der Waals surface area contributed by atoms with E-state index in [0.717, 1.165) is 32.5 Å². The van der Waals surface area contributed by atoms with Crippen molar-refractivity contribution in [2.45, 2.75) is 6.61 Å². The highest BCUT2D eigenvalue weighted by atomic mass is 79.9. The van der Waals surface area contributed by atoms with Gasteiger partial charge in [0.05, 0.1) is 16.9 Å². The Labute approximate surface area is 119 Å². The van der Waals surface area contributed by atoms with Crippen LogP contribution in [-0.2, 0) is 6.61 Å². The first-order valence-electron chi connectivity index (χ1n) is 5.97. The van der Waals surface area contributed by atoms with Crippen LogP contribution in [-0.4, -0.2) is 4.98 Å². The minimum atomic E-state index is 0.491. The van der Waals surface area contributed by atoms with Crippen molar-refractivity contribution in [2.24, 2.45) is 0 Å². The van der Waals surface area contributed by atoms with Gasteiger partial charge in [0, 0.05) is 9.86 Å². The molecule has 96 valence electrons. The van der Waals surface area contributed by atoms with E-state index in [9.17, 15) is 0 Å². The quantitative estimate of drug-likeness (QED) is 0.715. The predicted octanol–water partition coefficient (Wildman–Crippen LogP) is 4.09. The fourth-order valence-electron chi connectivity index (χ4n) is 2.03. The minimum absolute atomic E-state index is 0.491. The van der Waals surface area contributed by atoms with E-state index < -0.39 is 0 Å². The van der Waals surface area contributed by atoms with Crippen LogP contribution in [0.5, 0.6) is 5.75 Å². The Bertz CT molecular complexity index is 721. The summed E-state index contributed by atoms with van der Waals surface area (Å²) in [6.07, 6.45) is 0. The van der Waals surface area contributed by atoms with E-state index in [2.05, 4.69) is 27.0 Å². The predicted molar refractivity (Wildman–Crippen MR) is 81.2 cm³/mol. The number of fused-ring (bicyclic) bond motifs is 1. The summed E-state index contributed by atoms with van der Waals surface area (Å²) >= 11 is 3.42. The molecule has 0 saturated heterocycles. The highest BCUT2D eigenvalue weighted by Crippen LogP contribution is 2.23. The average Bonchev–Trinajstić information content (AvgIpc) is 2.81. The molecule has 1 heterocycles. The number of aromatic nitrogens is 1. The number of aromatic amines is 1. The molecule has 0 radical (unpaired) electrons. The molecule has 0 aliphatic carbocycles. The highest BCUT2D eigenvalue weighted by Gasteiger charge is 2.04. The van der Waals surface area contributed by atoms with Crippen molar-refractivity contribution in [2.75, 3.05) is 5.73 Å². The molecule has 0 bridgehead atoms. The number of halogens is 1. The third kappa shape index (κ3) is 2.58. The highest BCUT2D eigenvalue weighted by molar-refractivity contribution is 9.10. The van der Waals surface area contributed by atoms with E-state index in [4.69, 9.17) is 10.5 Å². The number of hydrogen-bond donors (Lipinski definition) is 2. The van der Waals surface area contributed by atoms with Gasteiger partial charge in [-0.25, -0.2) is 0 Å². The van der Waals surface area contributed by atoms with Gasteiger partial charge < -0.3 is 15.5 Å². The van der Waals surface area contributed by atoms with Crippen LogP contribution >= 0.6 is 15.9 Å². The molecule has 3 N–H and O–H groups in total. The molecule has 3 nitrogen and oxygen atoms in total. The van der Waals surface area contributed by atoms with Gasteiger partial charge in [-0.2, -0.15) is 0 Å². The van der Waals surface area contributed by atoms with Crippen LogP contribution in [0.2, 0.25) is 0 Å². The van der Waals surface area contributed by atoms with E-state index in [-0.39, 0.29) is 0 Å². The number of nitrogen functional groups attached to an aromatic ring is 1. The number of hydrogen-bond acceptors (Lipinski definition) is 2. The fraction of sp³-hybridized carbons (Fsp3) is 0.0667. The smallest absolute Gasteiger partial charge is 0.128 e. The Morgan fingerprint density at radius 1 is 1.11 bits per heavy atom. The molecule has 0 fully saturated rings. The number of benzene rings is 2. The van der Waals surface area contributed by atoms with Crippen LogP contribution in [0.1, 0.15) is 5.69 Å². The molecule has 4 heteroatoms. The van der Waals surface area contributed by atoms with Gasteiger partial charge >= 0.3 is 0 Å². The second kappa shape index (κ2) is 4.97. The molecule has 3 aromatic rings. The Balaban J connectivity index is 1.80. The van der Waals surface area contributed by atoms with E-state index in [1.54, 1.807) is 0 Å². The number of rotatable bonds is 3. The zero-order chi connectivity index (χ0) is 13.2. The maximum atomic E-state index is 5.92. The van der Waals surface area contributed by atoms with Crippen molar-refractivity contribution in [3.63, 3.8) is 0 Å². The van der Waals surface area contributed by atoms with Gasteiger partial charge in [0.1, 0.15) is 12.4 Å². The molecular weight excluding hydrogens is 304 g/mol. The first kappa shape index (κ1) is 12.1. The molecule has 0 amide bonds. The van der Waals surface area contributed by atoms with E-state index in [1.165, 1.54) is 0 Å². The monoisotopic (exact) mass is 316 g/mol. The second-order valence-electron chi connectivity index (χ2n) is 4.35. The van der Waals surface area contributed by atoms with Gasteiger partial charge in [0.15, 0.2) is 0 Å². The molecule has 0 aliphatic rings. The number of anilines is 1. The fourth-order valence-corrected chi connectivity index (χ4v) is 2.41. The summed E-state index contributed by atoms with van der Waals surface area (Å²) in [6, 6.07) is 15.7. The Kier molecular flexibility index (Phi) is 3.17. The zero-order valence-corrected chi connectivity index (χ0v) is 11.8. The summed E-state index contributed by atoms with van der Waals surface area (Å²) in [4.78, 5) is 3.29. The topological polar surface area (TPSA) is 51.0 Å². The Hall–Kier alpha value is -1.94. The van der Waals surface area contributed by atoms with Crippen LogP contribution in [0, 0.1) is 0 Å². The number of nitrogens with one attached hydrogen (secondary N) is 1. The summed E-state index contributed by atoms with van der Waals surface area (Å²) in [5.41, 5.74) is 8.65. The van der Waals surface area contributed by atoms with Gasteiger partial charge in [-0.1, -0.05) is 34.1 Å². The molecular formula is C15H13BrN2O. The van der Waals surface area contributed by atoms with Crippen LogP contribution < -0.4 is 10.5 Å². The maximum Gasteiger partial charge on any atom is 0.128 e. The van der Waals surface area contributed by atoms with Gasteiger partial charge in [-0.3, -0.25) is 0 Å². The summed E-state index contributed by atoms with van der Waals surface area (Å²) in [6.45, 7) is 0.491. The molecule has 19 heavy (non-hydrogen) atoms. The molecule has 0 spiro atoms. The van der Waals surface area contributed by atoms with Gasteiger partial charge in [0.25, 0.3) is 0 Å². The van der Waals surface area contributed by atoms with Gasteiger partial charge in [-0.15, -0.1) is 0 Å². The van der Waals surface area contributed by atoms with Crippen LogP contribution in [0.4, 0.5) is 5.69 Å². The Morgan fingerprint density at radius 3 is 2.74 bits per heavy atom. The maximum absolute atomic E-state index is 5.92. The molecule has 0 aliphatic heterocycles. The molecule has 0 unspecified atom stereocenters. The van der Waals surface area contributed by atoms with Gasteiger partial charge in [0.2, 0.25) is 0 Å². The number of H-pyrrole nitrogens is 1. The SMILES string of the molecule is Nc1cccc2cc(COc3cccc(Br)c3)[nH]c12. The van der Waals surface area contributed by atoms with E-state index in [1.807, 2.05) is 42.5 Å². The molecule has 3 rings (SSSR count). The third-order valence-corrected chi connectivity index (χ3v) is 3.43. The lowest BCUT2D eigenvalue weighted by Crippen LogP contribution is -1.95. The van der Waals surface area contributed by atoms with E-state index >= 15 is 0 Å². The lowest BCUT2D eigenvalue weighted by atomic mass is 10.2. The zero-order valence-electron chi connectivity index (χ0n) is 10.2. The number of ether oxygens (including phenoxy) is 1. The number of para-hydroxylation sites is 1. The lowest BCUT2D eigenvalue weighted by Gasteiger charge is -2.04. The molecule has 0 atom stereocenters. The van der Waals surface area contributed by atoms with Crippen LogP contribution in [0.25, 0.3) is 10.9 Å². The lowest BCUT2D eigenvalue weighted by molar-refractivity contribution is 0.302. The van der Waals surface area contributed by atoms with Crippen molar-refractivity contribution in [1.29, 1.82) is 0 Å². The number of nitrogens with two attached hydrogens (primary N) is 1. The van der Waals surface area contributed by atoms with Crippen LogP contribution in [0.15, 0.2) is 53.0 Å². The van der Waals surface area contributed by atoms with Crippen molar-refractivity contribution in [3.05, 3.63) is 58.7 Å². The van der Waals surface area contributed by atoms with Crippen molar-refractivity contribution in [1.82, 2.24) is 4.98 Å². The third-order valence-electron chi connectivity index (χ3n) is 2.93. The van der Waals surface area contributed by atoms with E-state index in [0.29, 0.717) is 6.61 Å². The summed E-state index contributed by atoms with van der Waals surface area (Å²) in [5, 5.41) is 1.10. The average molecular weight is 317 g/mol. The Morgan fingerprint density at radius 2 is 1.95 bits per heavy atom. The van der Waals surface area contributed by atoms with Gasteiger partial charge in [-0.05, 0) is 30.3 Å². The normalized spacial score (nSPS) is 10.8. The largest absolute Gasteiger partial charge is 0.487 e. The standard InChI is InChI=1S/C15H13BrN2O/c16-11-4-2-5-13(8-11)19-9-12-7-10-3-1-6-14(17)15(10)18-12/h1-8,18H,9,17H2. The summed E-state index contributed by atoms with van der Waals surface area (Å²) in [7, 11) is 0. The first-order chi connectivity index (χ1) is 9.22. The van der Waals surface area contributed by atoms with Crippen molar-refractivity contribution < 1.29 is 4.74 Å². The molecule has 2 aromatic carbocycles. The summed E-state index contributed by atoms with van der Waals surface area (Å²) < 4.78 is 6.75. The summed E-state index contributed by atoms with van der Waals surface area (Å²) in [5.74, 6) is 0.834. The van der Waals surface area contributed by atoms with Crippen molar-refractivity contribution in [3.8, 4) is 5.75 Å². The van der Waals surface area contributed by atoms with Crippen LogP contribution in [0.3, 0.4) is 0 Å². The minimum Gasteiger partial charge on any atom is -0.487 e. The van der Waals surface area contributed by atoms with Crippen molar-refractivity contribution >= 4 is 32.5 Å². The molecule has 1 aromatic heterocycles. The second-order valence-corrected chi connectivity index (χ2v) is 5.27. The first-order valence-corrected chi connectivity index (χ1v) is 6.76.